The first-order chi connectivity index (χ1) is 8.56. The lowest BCUT2D eigenvalue weighted by molar-refractivity contribution is 0.101. The van der Waals surface area contributed by atoms with E-state index >= 15 is 0 Å². The molecule has 0 spiro atoms. The molecule has 0 radical (unpaired) electrons. The molecule has 3 nitrogen and oxygen atoms in total. The van der Waals surface area contributed by atoms with Gasteiger partial charge in [0.25, 0.3) is 0 Å². The van der Waals surface area contributed by atoms with Crippen LogP contribution in [0.15, 0.2) is 16.6 Å². The molecule has 100 valence electrons. The third-order valence-corrected chi connectivity index (χ3v) is 3.16. The number of carbonyl (C=O) groups excluding carboxylic acids is 1. The fourth-order valence-corrected chi connectivity index (χ4v) is 2.22. The predicted octanol–water partition coefficient (Wildman–Crippen LogP) is 4.19. The van der Waals surface area contributed by atoms with Crippen molar-refractivity contribution in [1.82, 2.24) is 0 Å². The lowest BCUT2D eigenvalue weighted by atomic mass is 10.1. The number of halogens is 1. The van der Waals surface area contributed by atoms with Gasteiger partial charge in [-0.15, -0.1) is 0 Å². The monoisotopic (exact) mass is 313 g/mol. The summed E-state index contributed by atoms with van der Waals surface area (Å²) in [5, 5.41) is 0. The summed E-state index contributed by atoms with van der Waals surface area (Å²) in [5.41, 5.74) is 6.94. The zero-order valence-corrected chi connectivity index (χ0v) is 12.5. The molecule has 1 aromatic rings. The minimum atomic E-state index is -0.0356. The van der Waals surface area contributed by atoms with E-state index in [1.54, 1.807) is 12.1 Å². The number of benzene rings is 1. The van der Waals surface area contributed by atoms with E-state index < -0.39 is 0 Å². The molecule has 0 aliphatic heterocycles. The van der Waals surface area contributed by atoms with Crippen LogP contribution in [0.2, 0.25) is 0 Å². The highest BCUT2D eigenvalue weighted by Gasteiger charge is 2.13. The van der Waals surface area contributed by atoms with E-state index in [0.717, 1.165) is 17.3 Å². The van der Waals surface area contributed by atoms with Crippen LogP contribution >= 0.6 is 15.9 Å². The molecule has 4 heteroatoms. The Balaban J connectivity index is 2.71. The molecule has 0 aromatic heterocycles. The van der Waals surface area contributed by atoms with Gasteiger partial charge in [-0.05, 0) is 25.5 Å². The smallest absolute Gasteiger partial charge is 0.163 e. The minimum absolute atomic E-state index is 0.0356. The van der Waals surface area contributed by atoms with Gasteiger partial charge in [0.1, 0.15) is 0 Å². The predicted molar refractivity (Wildman–Crippen MR) is 78.2 cm³/mol. The molecular formula is C14H20BrNO2. The van der Waals surface area contributed by atoms with Crippen molar-refractivity contribution < 1.29 is 9.53 Å². The van der Waals surface area contributed by atoms with E-state index in [1.807, 2.05) is 0 Å². The zero-order chi connectivity index (χ0) is 13.5. The van der Waals surface area contributed by atoms with Crippen molar-refractivity contribution in [3.63, 3.8) is 0 Å². The van der Waals surface area contributed by atoms with Crippen molar-refractivity contribution in [2.75, 3.05) is 12.3 Å². The number of unbranched alkanes of at least 4 members (excludes halogenated alkanes) is 3. The van der Waals surface area contributed by atoms with Crippen LogP contribution in [0.3, 0.4) is 0 Å². The Morgan fingerprint density at radius 2 is 2.06 bits per heavy atom. The maximum atomic E-state index is 11.5. The van der Waals surface area contributed by atoms with Gasteiger partial charge < -0.3 is 10.5 Å². The topological polar surface area (TPSA) is 52.3 Å². The lowest BCUT2D eigenvalue weighted by Crippen LogP contribution is -2.06. The first kappa shape index (κ1) is 15.0. The molecule has 0 fully saturated rings. The Morgan fingerprint density at radius 3 is 2.67 bits per heavy atom. The Bertz CT molecular complexity index is 419. The summed E-state index contributed by atoms with van der Waals surface area (Å²) >= 11 is 3.33. The summed E-state index contributed by atoms with van der Waals surface area (Å²) in [5.74, 6) is 0.480. The van der Waals surface area contributed by atoms with Crippen molar-refractivity contribution >= 4 is 27.4 Å². The summed E-state index contributed by atoms with van der Waals surface area (Å²) in [6, 6.07) is 3.51. The average Bonchev–Trinajstić information content (AvgIpc) is 2.30. The van der Waals surface area contributed by atoms with Gasteiger partial charge in [0.2, 0.25) is 0 Å². The fourth-order valence-electron chi connectivity index (χ4n) is 1.74. The molecule has 0 bridgehead atoms. The van der Waals surface area contributed by atoms with Crippen LogP contribution in [-0.2, 0) is 0 Å². The molecule has 0 aliphatic rings. The third kappa shape index (κ3) is 4.33. The number of carbonyl (C=O) groups is 1. The van der Waals surface area contributed by atoms with E-state index in [-0.39, 0.29) is 5.78 Å². The molecule has 0 aliphatic carbocycles. The molecule has 0 heterocycles. The second-order valence-corrected chi connectivity index (χ2v) is 5.25. The summed E-state index contributed by atoms with van der Waals surface area (Å²) in [4.78, 5) is 11.5. The van der Waals surface area contributed by atoms with Gasteiger partial charge in [0.05, 0.1) is 17.9 Å². The Labute approximate surface area is 117 Å². The normalized spacial score (nSPS) is 10.4. The molecule has 0 saturated heterocycles. The summed E-state index contributed by atoms with van der Waals surface area (Å²) in [6.07, 6.45) is 4.53. The van der Waals surface area contributed by atoms with Crippen LogP contribution in [0.25, 0.3) is 0 Å². The number of ketones is 1. The third-order valence-electron chi connectivity index (χ3n) is 2.71. The van der Waals surface area contributed by atoms with Crippen LogP contribution in [0.1, 0.15) is 49.9 Å². The highest BCUT2D eigenvalue weighted by atomic mass is 79.9. The maximum absolute atomic E-state index is 11.5. The van der Waals surface area contributed by atoms with Crippen LogP contribution < -0.4 is 10.5 Å². The lowest BCUT2D eigenvalue weighted by Gasteiger charge is -2.13. The van der Waals surface area contributed by atoms with E-state index in [4.69, 9.17) is 10.5 Å². The molecular weight excluding hydrogens is 294 g/mol. The van der Waals surface area contributed by atoms with Crippen molar-refractivity contribution in [1.29, 1.82) is 0 Å². The Morgan fingerprint density at radius 1 is 1.33 bits per heavy atom. The Hall–Kier alpha value is -1.03. The fraction of sp³-hybridized carbons (Fsp3) is 0.500. The molecule has 1 aromatic carbocycles. The molecule has 0 atom stereocenters. The number of rotatable bonds is 7. The zero-order valence-electron chi connectivity index (χ0n) is 11.0. The Kier molecular flexibility index (Phi) is 6.19. The molecule has 0 unspecified atom stereocenters. The second kappa shape index (κ2) is 7.41. The van der Waals surface area contributed by atoms with Gasteiger partial charge in [0, 0.05) is 4.47 Å². The second-order valence-electron chi connectivity index (χ2n) is 4.34. The van der Waals surface area contributed by atoms with Crippen molar-refractivity contribution in [3.05, 3.63) is 22.2 Å². The molecule has 1 rings (SSSR count). The molecule has 0 amide bonds. The quantitative estimate of drug-likeness (QED) is 0.466. The molecule has 2 N–H and O–H groups in total. The van der Waals surface area contributed by atoms with E-state index in [0.29, 0.717) is 23.6 Å². The number of ether oxygens (including phenoxy) is 1. The minimum Gasteiger partial charge on any atom is -0.491 e. The highest BCUT2D eigenvalue weighted by Crippen LogP contribution is 2.31. The van der Waals surface area contributed by atoms with E-state index in [9.17, 15) is 4.79 Å². The SMILES string of the molecule is CCCCCCOc1c(N)cc(Br)cc1C(C)=O. The first-order valence-corrected chi connectivity index (χ1v) is 7.08. The number of anilines is 1. The van der Waals surface area contributed by atoms with E-state index in [1.165, 1.54) is 19.8 Å². The highest BCUT2D eigenvalue weighted by molar-refractivity contribution is 9.10. The summed E-state index contributed by atoms with van der Waals surface area (Å²) in [6.45, 7) is 4.29. The standard InChI is InChI=1S/C14H20BrNO2/c1-3-4-5-6-7-18-14-12(10(2)17)8-11(15)9-13(14)16/h8-9H,3-7,16H2,1-2H3. The van der Waals surface area contributed by atoms with Crippen molar-refractivity contribution in [3.8, 4) is 5.75 Å². The van der Waals surface area contributed by atoms with Crippen molar-refractivity contribution in [2.45, 2.75) is 39.5 Å². The van der Waals surface area contributed by atoms with Crippen LogP contribution in [-0.4, -0.2) is 12.4 Å². The number of nitrogens with two attached hydrogens (primary N) is 1. The van der Waals surface area contributed by atoms with Crippen LogP contribution in [0, 0.1) is 0 Å². The van der Waals surface area contributed by atoms with Gasteiger partial charge in [-0.2, -0.15) is 0 Å². The van der Waals surface area contributed by atoms with Gasteiger partial charge in [-0.25, -0.2) is 0 Å². The largest absolute Gasteiger partial charge is 0.491 e. The summed E-state index contributed by atoms with van der Waals surface area (Å²) in [7, 11) is 0. The maximum Gasteiger partial charge on any atom is 0.163 e. The van der Waals surface area contributed by atoms with E-state index in [2.05, 4.69) is 22.9 Å². The molecule has 0 saturated carbocycles. The average molecular weight is 314 g/mol. The van der Waals surface area contributed by atoms with Gasteiger partial charge in [-0.3, -0.25) is 4.79 Å². The van der Waals surface area contributed by atoms with Crippen LogP contribution in [0.4, 0.5) is 5.69 Å². The number of hydrogen-bond acceptors (Lipinski definition) is 3. The van der Waals surface area contributed by atoms with Crippen LogP contribution in [0.5, 0.6) is 5.75 Å². The van der Waals surface area contributed by atoms with Gasteiger partial charge in [-0.1, -0.05) is 42.1 Å². The molecule has 18 heavy (non-hydrogen) atoms. The van der Waals surface area contributed by atoms with Crippen molar-refractivity contribution in [2.24, 2.45) is 0 Å². The number of Topliss-reactive ketones (excluding diaryl/α,β-unsaturated/α-hetero) is 1. The van der Waals surface area contributed by atoms with Gasteiger partial charge >= 0.3 is 0 Å². The summed E-state index contributed by atoms with van der Waals surface area (Å²) < 4.78 is 6.46. The first-order valence-electron chi connectivity index (χ1n) is 6.29. The number of nitrogen functional groups attached to an aromatic ring is 1. The number of hydrogen-bond donors (Lipinski definition) is 1. The van der Waals surface area contributed by atoms with Gasteiger partial charge in [0.15, 0.2) is 11.5 Å².